The van der Waals surface area contributed by atoms with Gasteiger partial charge >= 0.3 is 0 Å². The Morgan fingerprint density at radius 3 is 3.07 bits per heavy atom. The van der Waals surface area contributed by atoms with Gasteiger partial charge < -0.3 is 4.57 Å². The number of rotatable bonds is 4. The zero-order valence-corrected chi connectivity index (χ0v) is 8.39. The molecule has 0 aliphatic rings. The molecule has 2 aromatic rings. The molecule has 1 aromatic carbocycles. The molecule has 0 atom stereocenters. The van der Waals surface area contributed by atoms with Crippen molar-refractivity contribution in [3.05, 3.63) is 43.2 Å². The van der Waals surface area contributed by atoms with Gasteiger partial charge in [-0.3, -0.25) is 4.79 Å². The van der Waals surface area contributed by atoms with E-state index in [4.69, 9.17) is 0 Å². The van der Waals surface area contributed by atoms with Gasteiger partial charge in [-0.15, -0.1) is 6.58 Å². The first-order valence-electron chi connectivity index (χ1n) is 4.83. The molecule has 0 bridgehead atoms. The summed E-state index contributed by atoms with van der Waals surface area (Å²) in [4.78, 5) is 15.7. The first kappa shape index (κ1) is 9.65. The molecule has 0 amide bonds. The molecular weight excluding hydrogens is 188 g/mol. The average molecular weight is 200 g/mol. The van der Waals surface area contributed by atoms with Crippen LogP contribution in [0.1, 0.15) is 6.42 Å². The van der Waals surface area contributed by atoms with Crippen LogP contribution < -0.4 is 0 Å². The molecule has 0 radical (unpaired) electrons. The second-order valence-electron chi connectivity index (χ2n) is 3.39. The number of nitrogens with zero attached hydrogens (tertiary/aromatic N) is 2. The molecule has 15 heavy (non-hydrogen) atoms. The van der Waals surface area contributed by atoms with E-state index < -0.39 is 0 Å². The van der Waals surface area contributed by atoms with Gasteiger partial charge in [0.2, 0.25) is 0 Å². The monoisotopic (exact) mass is 200 g/mol. The van der Waals surface area contributed by atoms with Crippen molar-refractivity contribution in [1.82, 2.24) is 9.55 Å². The zero-order valence-electron chi connectivity index (χ0n) is 8.39. The van der Waals surface area contributed by atoms with Crippen LogP contribution in [0.25, 0.3) is 11.0 Å². The molecule has 2 rings (SSSR count). The third-order valence-corrected chi connectivity index (χ3v) is 2.25. The lowest BCUT2D eigenvalue weighted by atomic mass is 10.2. The number of ketones is 1. The van der Waals surface area contributed by atoms with Crippen LogP contribution in [0.15, 0.2) is 43.2 Å². The van der Waals surface area contributed by atoms with E-state index in [0.29, 0.717) is 13.0 Å². The Labute approximate surface area is 88.0 Å². The number of aromatic nitrogens is 2. The molecule has 76 valence electrons. The maximum atomic E-state index is 11.4. The highest BCUT2D eigenvalue weighted by Gasteiger charge is 2.04. The van der Waals surface area contributed by atoms with E-state index in [2.05, 4.69) is 11.6 Å². The van der Waals surface area contributed by atoms with Crippen LogP contribution in [0.2, 0.25) is 0 Å². The lowest BCUT2D eigenvalue weighted by molar-refractivity contribution is -0.118. The smallest absolute Gasteiger partial charge is 0.156 e. The molecule has 0 N–H and O–H groups in total. The van der Waals surface area contributed by atoms with Crippen LogP contribution in [0, 0.1) is 0 Å². The Hall–Kier alpha value is -1.90. The fourth-order valence-electron chi connectivity index (χ4n) is 1.55. The van der Waals surface area contributed by atoms with E-state index in [1.54, 1.807) is 12.4 Å². The van der Waals surface area contributed by atoms with E-state index >= 15 is 0 Å². The number of carbonyl (C=O) groups excluding carboxylic acids is 1. The Kier molecular flexibility index (Phi) is 2.63. The minimum atomic E-state index is 0.146. The molecule has 3 nitrogen and oxygen atoms in total. The average Bonchev–Trinajstić information content (AvgIpc) is 2.62. The standard InChI is InChI=1S/C12H12N2O/c1-2-5-10(15)8-14-9-13-11-6-3-4-7-12(11)14/h2-4,6-7,9H,1,5,8H2. The molecule has 0 unspecified atom stereocenters. The quantitative estimate of drug-likeness (QED) is 0.709. The maximum absolute atomic E-state index is 11.4. The van der Waals surface area contributed by atoms with Crippen LogP contribution in [0.3, 0.4) is 0 Å². The lowest BCUT2D eigenvalue weighted by Crippen LogP contribution is -2.07. The molecular formula is C12H12N2O. The van der Waals surface area contributed by atoms with Crippen molar-refractivity contribution < 1.29 is 4.79 Å². The van der Waals surface area contributed by atoms with Crippen LogP contribution in [0.4, 0.5) is 0 Å². The summed E-state index contributed by atoms with van der Waals surface area (Å²) < 4.78 is 1.86. The third kappa shape index (κ3) is 1.96. The number of allylic oxidation sites excluding steroid dienone is 1. The predicted molar refractivity (Wildman–Crippen MR) is 59.6 cm³/mol. The summed E-state index contributed by atoms with van der Waals surface area (Å²) in [7, 11) is 0. The molecule has 0 saturated carbocycles. The number of para-hydroxylation sites is 2. The topological polar surface area (TPSA) is 34.9 Å². The van der Waals surface area contributed by atoms with Crippen LogP contribution in [-0.2, 0) is 11.3 Å². The zero-order chi connectivity index (χ0) is 10.7. The van der Waals surface area contributed by atoms with Gasteiger partial charge in [0, 0.05) is 6.42 Å². The van der Waals surface area contributed by atoms with E-state index in [1.165, 1.54) is 0 Å². The summed E-state index contributed by atoms with van der Waals surface area (Å²) in [5.74, 6) is 0.146. The number of fused-ring (bicyclic) bond motifs is 1. The molecule has 0 aliphatic heterocycles. The molecule has 1 heterocycles. The van der Waals surface area contributed by atoms with Gasteiger partial charge in [0.05, 0.1) is 23.9 Å². The van der Waals surface area contributed by atoms with Crippen molar-refractivity contribution in [2.75, 3.05) is 0 Å². The minimum absolute atomic E-state index is 0.146. The molecule has 3 heteroatoms. The first-order chi connectivity index (χ1) is 7.31. The van der Waals surface area contributed by atoms with E-state index in [-0.39, 0.29) is 5.78 Å². The number of Topliss-reactive ketones (excluding diaryl/α,β-unsaturated/α-hetero) is 1. The van der Waals surface area contributed by atoms with Crippen LogP contribution >= 0.6 is 0 Å². The molecule has 1 aromatic heterocycles. The highest BCUT2D eigenvalue weighted by Crippen LogP contribution is 2.11. The second kappa shape index (κ2) is 4.09. The van der Waals surface area contributed by atoms with Crippen LogP contribution in [0.5, 0.6) is 0 Å². The summed E-state index contributed by atoms with van der Waals surface area (Å²) in [5.41, 5.74) is 1.92. The summed E-state index contributed by atoms with van der Waals surface area (Å²) in [5, 5.41) is 0. The van der Waals surface area contributed by atoms with Crippen molar-refractivity contribution in [3.8, 4) is 0 Å². The van der Waals surface area contributed by atoms with Crippen molar-refractivity contribution in [3.63, 3.8) is 0 Å². The normalized spacial score (nSPS) is 10.4. The van der Waals surface area contributed by atoms with Crippen molar-refractivity contribution in [2.45, 2.75) is 13.0 Å². The Balaban J connectivity index is 2.28. The summed E-state index contributed by atoms with van der Waals surface area (Å²) in [6.45, 7) is 3.91. The molecule has 0 spiro atoms. The summed E-state index contributed by atoms with van der Waals surface area (Å²) >= 11 is 0. The van der Waals surface area contributed by atoms with Crippen molar-refractivity contribution >= 4 is 16.8 Å². The number of hydrogen-bond donors (Lipinski definition) is 0. The predicted octanol–water partition coefficient (Wildman–Crippen LogP) is 2.18. The van der Waals surface area contributed by atoms with E-state index in [9.17, 15) is 4.79 Å². The Morgan fingerprint density at radius 1 is 1.47 bits per heavy atom. The minimum Gasteiger partial charge on any atom is -0.323 e. The summed E-state index contributed by atoms with van der Waals surface area (Å²) in [6.07, 6.45) is 3.74. The lowest BCUT2D eigenvalue weighted by Gasteiger charge is -2.01. The Bertz CT molecular complexity index is 499. The summed E-state index contributed by atoms with van der Waals surface area (Å²) in [6, 6.07) is 7.77. The molecule has 0 saturated heterocycles. The highest BCUT2D eigenvalue weighted by molar-refractivity contribution is 5.82. The van der Waals surface area contributed by atoms with Gasteiger partial charge in [-0.2, -0.15) is 0 Å². The number of imidazole rings is 1. The van der Waals surface area contributed by atoms with Gasteiger partial charge in [0.15, 0.2) is 5.78 Å². The second-order valence-corrected chi connectivity index (χ2v) is 3.39. The number of benzene rings is 1. The largest absolute Gasteiger partial charge is 0.323 e. The number of hydrogen-bond acceptors (Lipinski definition) is 2. The number of carbonyl (C=O) groups is 1. The fraction of sp³-hybridized carbons (Fsp3) is 0.167. The van der Waals surface area contributed by atoms with Crippen molar-refractivity contribution in [1.29, 1.82) is 0 Å². The highest BCUT2D eigenvalue weighted by atomic mass is 16.1. The Morgan fingerprint density at radius 2 is 2.27 bits per heavy atom. The van der Waals surface area contributed by atoms with E-state index in [1.807, 2.05) is 28.8 Å². The van der Waals surface area contributed by atoms with Crippen LogP contribution in [-0.4, -0.2) is 15.3 Å². The molecule has 0 fully saturated rings. The SMILES string of the molecule is C=CCC(=O)Cn1cnc2ccccc21. The van der Waals surface area contributed by atoms with Gasteiger partial charge in [0.1, 0.15) is 0 Å². The van der Waals surface area contributed by atoms with Gasteiger partial charge in [-0.1, -0.05) is 18.2 Å². The van der Waals surface area contributed by atoms with Gasteiger partial charge in [-0.25, -0.2) is 4.98 Å². The van der Waals surface area contributed by atoms with Gasteiger partial charge in [-0.05, 0) is 12.1 Å². The fourth-order valence-corrected chi connectivity index (χ4v) is 1.55. The molecule has 0 aliphatic carbocycles. The maximum Gasteiger partial charge on any atom is 0.156 e. The van der Waals surface area contributed by atoms with Gasteiger partial charge in [0.25, 0.3) is 0 Å². The first-order valence-corrected chi connectivity index (χ1v) is 4.83. The van der Waals surface area contributed by atoms with E-state index in [0.717, 1.165) is 11.0 Å². The third-order valence-electron chi connectivity index (χ3n) is 2.25. The van der Waals surface area contributed by atoms with Crippen molar-refractivity contribution in [2.24, 2.45) is 0 Å².